The topological polar surface area (TPSA) is 18.5 Å². The van der Waals surface area contributed by atoms with Gasteiger partial charge in [0.05, 0.1) is 18.6 Å². The molecular weight excluding hydrogens is 248 g/mol. The number of ether oxygens (including phenoxy) is 2. The molecule has 0 bridgehead atoms. The summed E-state index contributed by atoms with van der Waals surface area (Å²) in [5.41, 5.74) is 2.35. The minimum Gasteiger partial charge on any atom is -0.342 e. The van der Waals surface area contributed by atoms with E-state index in [0.29, 0.717) is 19.1 Å². The highest BCUT2D eigenvalue weighted by molar-refractivity contribution is 6.21. The second-order valence-corrected chi connectivity index (χ2v) is 5.93. The molecule has 1 atom stereocenters. The SMILES string of the molecule is CC(C)Cc1ccc(C2(C(C)Cl)OCCO2)cc1. The summed E-state index contributed by atoms with van der Waals surface area (Å²) in [6, 6.07) is 8.42. The molecule has 1 heterocycles. The number of alkyl halides is 1. The van der Waals surface area contributed by atoms with E-state index in [4.69, 9.17) is 21.1 Å². The van der Waals surface area contributed by atoms with E-state index in [1.807, 2.05) is 6.92 Å². The zero-order valence-electron chi connectivity index (χ0n) is 11.3. The zero-order valence-corrected chi connectivity index (χ0v) is 12.0. The smallest absolute Gasteiger partial charge is 0.211 e. The molecule has 0 spiro atoms. The van der Waals surface area contributed by atoms with Gasteiger partial charge in [-0.2, -0.15) is 0 Å². The summed E-state index contributed by atoms with van der Waals surface area (Å²) in [6.45, 7) is 7.56. The van der Waals surface area contributed by atoms with Gasteiger partial charge in [0.2, 0.25) is 5.79 Å². The number of hydrogen-bond donors (Lipinski definition) is 0. The van der Waals surface area contributed by atoms with Crippen molar-refractivity contribution in [1.29, 1.82) is 0 Å². The van der Waals surface area contributed by atoms with Crippen molar-refractivity contribution in [3.05, 3.63) is 35.4 Å². The molecule has 2 nitrogen and oxygen atoms in total. The van der Waals surface area contributed by atoms with Crippen molar-refractivity contribution in [2.75, 3.05) is 13.2 Å². The second kappa shape index (κ2) is 5.60. The summed E-state index contributed by atoms with van der Waals surface area (Å²) < 4.78 is 11.5. The first kappa shape index (κ1) is 13.9. The van der Waals surface area contributed by atoms with E-state index in [0.717, 1.165) is 12.0 Å². The Morgan fingerprint density at radius 2 is 1.67 bits per heavy atom. The van der Waals surface area contributed by atoms with Gasteiger partial charge >= 0.3 is 0 Å². The Balaban J connectivity index is 2.22. The lowest BCUT2D eigenvalue weighted by Gasteiger charge is -2.30. The highest BCUT2D eigenvalue weighted by atomic mass is 35.5. The van der Waals surface area contributed by atoms with Crippen LogP contribution in [0.3, 0.4) is 0 Å². The first-order chi connectivity index (χ1) is 8.54. The highest BCUT2D eigenvalue weighted by Gasteiger charge is 2.43. The lowest BCUT2D eigenvalue weighted by molar-refractivity contribution is -0.164. The Labute approximate surface area is 114 Å². The molecule has 0 N–H and O–H groups in total. The normalized spacial score (nSPS) is 20.3. The summed E-state index contributed by atoms with van der Waals surface area (Å²) in [7, 11) is 0. The van der Waals surface area contributed by atoms with Crippen LogP contribution in [0.25, 0.3) is 0 Å². The van der Waals surface area contributed by atoms with E-state index >= 15 is 0 Å². The lowest BCUT2D eigenvalue weighted by atomic mass is 9.97. The van der Waals surface area contributed by atoms with Gasteiger partial charge in [-0.05, 0) is 24.8 Å². The Morgan fingerprint density at radius 1 is 1.11 bits per heavy atom. The van der Waals surface area contributed by atoms with E-state index in [2.05, 4.69) is 38.1 Å². The molecular formula is C15H21ClO2. The summed E-state index contributed by atoms with van der Waals surface area (Å²) in [5.74, 6) is -0.103. The predicted octanol–water partition coefficient (Wildman–Crippen LogP) is 3.71. The summed E-state index contributed by atoms with van der Waals surface area (Å²) in [5, 5.41) is -0.212. The van der Waals surface area contributed by atoms with Crippen molar-refractivity contribution in [1.82, 2.24) is 0 Å². The van der Waals surface area contributed by atoms with Gasteiger partial charge in [0, 0.05) is 5.56 Å². The van der Waals surface area contributed by atoms with Crippen LogP contribution in [-0.4, -0.2) is 18.6 Å². The Hall–Kier alpha value is -0.570. The first-order valence-electron chi connectivity index (χ1n) is 6.56. The molecule has 1 aromatic rings. The number of benzene rings is 1. The Morgan fingerprint density at radius 3 is 2.11 bits per heavy atom. The zero-order chi connectivity index (χ0) is 13.2. The van der Waals surface area contributed by atoms with Crippen molar-refractivity contribution < 1.29 is 9.47 Å². The van der Waals surface area contributed by atoms with Gasteiger partial charge in [-0.25, -0.2) is 0 Å². The third-order valence-corrected chi connectivity index (χ3v) is 3.53. The molecule has 0 radical (unpaired) electrons. The quantitative estimate of drug-likeness (QED) is 0.775. The molecule has 1 unspecified atom stereocenters. The van der Waals surface area contributed by atoms with Crippen molar-refractivity contribution in [3.8, 4) is 0 Å². The number of hydrogen-bond acceptors (Lipinski definition) is 2. The van der Waals surface area contributed by atoms with Gasteiger partial charge in [0.1, 0.15) is 0 Å². The van der Waals surface area contributed by atoms with Crippen LogP contribution < -0.4 is 0 Å². The third kappa shape index (κ3) is 2.71. The van der Waals surface area contributed by atoms with Crippen LogP contribution in [-0.2, 0) is 21.7 Å². The van der Waals surface area contributed by atoms with Gasteiger partial charge in [0.15, 0.2) is 0 Å². The predicted molar refractivity (Wildman–Crippen MR) is 73.9 cm³/mol. The fourth-order valence-electron chi connectivity index (χ4n) is 2.40. The maximum atomic E-state index is 6.25. The summed E-state index contributed by atoms with van der Waals surface area (Å²) >= 11 is 6.25. The average Bonchev–Trinajstić information content (AvgIpc) is 2.79. The fourth-order valence-corrected chi connectivity index (χ4v) is 2.65. The van der Waals surface area contributed by atoms with E-state index in [-0.39, 0.29) is 5.38 Å². The van der Waals surface area contributed by atoms with Gasteiger partial charge in [-0.15, -0.1) is 11.6 Å². The molecule has 1 aliphatic heterocycles. The highest BCUT2D eigenvalue weighted by Crippen LogP contribution is 2.37. The lowest BCUT2D eigenvalue weighted by Crippen LogP contribution is -2.35. The van der Waals surface area contributed by atoms with Crippen LogP contribution in [0, 0.1) is 5.92 Å². The molecule has 0 aromatic heterocycles. The van der Waals surface area contributed by atoms with Crippen LogP contribution in [0.4, 0.5) is 0 Å². The molecule has 2 rings (SSSR count). The van der Waals surface area contributed by atoms with Crippen LogP contribution in [0.1, 0.15) is 31.9 Å². The maximum Gasteiger partial charge on any atom is 0.211 e. The monoisotopic (exact) mass is 268 g/mol. The van der Waals surface area contributed by atoms with Gasteiger partial charge in [-0.3, -0.25) is 0 Å². The standard InChI is InChI=1S/C15H21ClO2/c1-11(2)10-13-4-6-14(7-5-13)15(12(3)16)17-8-9-18-15/h4-7,11-12H,8-10H2,1-3H3. The molecule has 0 amide bonds. The van der Waals surface area contributed by atoms with Crippen LogP contribution in [0.5, 0.6) is 0 Å². The van der Waals surface area contributed by atoms with E-state index in [1.165, 1.54) is 5.56 Å². The number of rotatable bonds is 4. The second-order valence-electron chi connectivity index (χ2n) is 5.28. The molecule has 100 valence electrons. The Kier molecular flexibility index (Phi) is 4.31. The van der Waals surface area contributed by atoms with Crippen molar-refractivity contribution in [2.45, 2.75) is 38.4 Å². The molecule has 18 heavy (non-hydrogen) atoms. The molecule has 0 saturated carbocycles. The summed E-state index contributed by atoms with van der Waals surface area (Å²) in [6.07, 6.45) is 1.09. The molecule has 0 aliphatic carbocycles. The van der Waals surface area contributed by atoms with E-state index in [9.17, 15) is 0 Å². The minimum atomic E-state index is -0.766. The molecule has 1 aromatic carbocycles. The van der Waals surface area contributed by atoms with Gasteiger partial charge in [0.25, 0.3) is 0 Å². The van der Waals surface area contributed by atoms with Gasteiger partial charge < -0.3 is 9.47 Å². The van der Waals surface area contributed by atoms with Crippen molar-refractivity contribution in [2.24, 2.45) is 5.92 Å². The van der Waals surface area contributed by atoms with Crippen molar-refractivity contribution in [3.63, 3.8) is 0 Å². The van der Waals surface area contributed by atoms with Crippen LogP contribution in [0.2, 0.25) is 0 Å². The largest absolute Gasteiger partial charge is 0.342 e. The molecule has 1 fully saturated rings. The van der Waals surface area contributed by atoms with Crippen LogP contribution in [0.15, 0.2) is 24.3 Å². The molecule has 3 heteroatoms. The fraction of sp³-hybridized carbons (Fsp3) is 0.600. The number of halogens is 1. The van der Waals surface area contributed by atoms with E-state index < -0.39 is 5.79 Å². The average molecular weight is 269 g/mol. The minimum absolute atomic E-state index is 0.212. The van der Waals surface area contributed by atoms with Crippen molar-refractivity contribution >= 4 is 11.6 Å². The van der Waals surface area contributed by atoms with E-state index in [1.54, 1.807) is 0 Å². The Bertz CT molecular complexity index is 378. The first-order valence-corrected chi connectivity index (χ1v) is 6.99. The summed E-state index contributed by atoms with van der Waals surface area (Å²) in [4.78, 5) is 0. The maximum absolute atomic E-state index is 6.25. The molecule has 1 aliphatic rings. The van der Waals surface area contributed by atoms with Crippen LogP contribution >= 0.6 is 11.6 Å². The van der Waals surface area contributed by atoms with Gasteiger partial charge in [-0.1, -0.05) is 38.1 Å². The third-order valence-electron chi connectivity index (χ3n) is 3.24. The molecule has 1 saturated heterocycles.